The number of hydrogen-bond acceptors (Lipinski definition) is 11. The number of carboxylic acids is 1. The molecule has 1 aliphatic rings. The lowest BCUT2D eigenvalue weighted by molar-refractivity contribution is -0.301. The number of aliphatic carboxylic acids is 1. The second-order valence-electron chi connectivity index (χ2n) is 19.9. The Hall–Kier alpha value is -4.62. The van der Waals surface area contributed by atoms with Crippen LogP contribution in [0.25, 0.3) is 0 Å². The van der Waals surface area contributed by atoms with Gasteiger partial charge in [0.15, 0.2) is 24.6 Å². The van der Waals surface area contributed by atoms with Gasteiger partial charge in [-0.2, -0.15) is 0 Å². The second-order valence-corrected chi connectivity index (χ2v) is 19.9. The van der Waals surface area contributed by atoms with Crippen molar-refractivity contribution >= 4 is 23.9 Å². The van der Waals surface area contributed by atoms with Gasteiger partial charge in [-0.15, -0.1) is 0 Å². The first-order valence-electron chi connectivity index (χ1n) is 29.9. The van der Waals surface area contributed by atoms with Crippen molar-refractivity contribution in [2.24, 2.45) is 0 Å². The molecule has 1 rings (SSSR count). The van der Waals surface area contributed by atoms with Crippen LogP contribution in [0, 0.1) is 0 Å². The molecule has 0 amide bonds. The second kappa shape index (κ2) is 52.1. The number of hydrogen-bond donors (Lipinski definition) is 3. The van der Waals surface area contributed by atoms with E-state index in [1.54, 1.807) is 12.2 Å². The van der Waals surface area contributed by atoms with Gasteiger partial charge in [0.2, 0.25) is 0 Å². The average Bonchev–Trinajstić information content (AvgIpc) is 3.43. The SMILES string of the molecule is CC/C=C\C/C=C\C/C=C\C/C=C\C/C=C\CC(=O)OC1C(OCC(COC(=O)CCCCCCCCC/C=C\CCCCCCCC)OC(=O)CCCCCCC/C=C\C/C=C\C/C=C\CC)OC(C(=O)O)C(O)C1O. The summed E-state index contributed by atoms with van der Waals surface area (Å²) in [5.74, 6) is -3.32. The molecule has 0 aromatic heterocycles. The fourth-order valence-electron chi connectivity index (χ4n) is 8.33. The molecule has 1 fully saturated rings. The topological polar surface area (TPSA) is 175 Å². The Morgan fingerprint density at radius 2 is 0.857 bits per heavy atom. The molecule has 0 bridgehead atoms. The summed E-state index contributed by atoms with van der Waals surface area (Å²) in [5, 5.41) is 31.4. The van der Waals surface area contributed by atoms with E-state index < -0.39 is 67.3 Å². The lowest BCUT2D eigenvalue weighted by Crippen LogP contribution is -2.61. The normalized spacial score (nSPS) is 18.8. The minimum absolute atomic E-state index is 0.127. The third kappa shape index (κ3) is 42.1. The standard InChI is InChI=1S/C65H104O12/c1-4-7-10-13-16-19-22-25-28-29-32-33-36-39-42-45-48-51-57(66)73-54-56(75-58(67)52-49-46-43-40-37-34-30-26-23-20-17-14-11-8-5-2)55-74-65-63(61(70)60(69)62(77-65)64(71)72)76-59(68)53-50-47-44-41-38-35-31-27-24-21-18-15-12-9-6-3/h8-9,11-12,17-18,20-21,25-28,30-31,38,41,47,50,56,60-63,65,69-70H,4-7,10,13-16,19,22-24,29,32-37,39-40,42-46,48-49,51-55H2,1-3H3,(H,71,72)/b11-8-,12-9-,20-17-,21-18-,28-25-,30-26-,31-27-,41-38-,50-47-. The molecule has 436 valence electrons. The van der Waals surface area contributed by atoms with Crippen LogP contribution < -0.4 is 0 Å². The molecule has 12 nitrogen and oxygen atoms in total. The number of carbonyl (C=O) groups excluding carboxylic acids is 3. The minimum Gasteiger partial charge on any atom is -0.479 e. The van der Waals surface area contributed by atoms with Crippen LogP contribution in [0.4, 0.5) is 0 Å². The zero-order valence-electron chi connectivity index (χ0n) is 47.9. The molecule has 1 heterocycles. The van der Waals surface area contributed by atoms with E-state index in [1.807, 2.05) is 12.2 Å². The summed E-state index contributed by atoms with van der Waals surface area (Å²) >= 11 is 0. The lowest BCUT2D eigenvalue weighted by atomic mass is 9.98. The average molecular weight is 1080 g/mol. The fraction of sp³-hybridized carbons (Fsp3) is 0.662. The molecule has 1 saturated heterocycles. The van der Waals surface area contributed by atoms with Crippen molar-refractivity contribution in [1.29, 1.82) is 0 Å². The molecule has 12 heteroatoms. The lowest BCUT2D eigenvalue weighted by Gasteiger charge is -2.40. The van der Waals surface area contributed by atoms with Gasteiger partial charge < -0.3 is 39.0 Å². The molecule has 1 aliphatic heterocycles. The van der Waals surface area contributed by atoms with Crippen molar-refractivity contribution < 1.29 is 58.2 Å². The highest BCUT2D eigenvalue weighted by Crippen LogP contribution is 2.26. The van der Waals surface area contributed by atoms with Crippen LogP contribution in [0.1, 0.15) is 226 Å². The number of esters is 3. The Morgan fingerprint density at radius 1 is 0.455 bits per heavy atom. The molecule has 0 aromatic carbocycles. The van der Waals surface area contributed by atoms with Crippen molar-refractivity contribution in [3.05, 3.63) is 109 Å². The highest BCUT2D eigenvalue weighted by molar-refractivity contribution is 5.74. The van der Waals surface area contributed by atoms with Gasteiger partial charge in [0.25, 0.3) is 0 Å². The Kier molecular flexibility index (Phi) is 47.6. The molecular formula is C65H104O12. The molecule has 0 saturated carbocycles. The van der Waals surface area contributed by atoms with Gasteiger partial charge in [-0.05, 0) is 103 Å². The fourth-order valence-corrected chi connectivity index (χ4v) is 8.33. The van der Waals surface area contributed by atoms with Gasteiger partial charge in [0.1, 0.15) is 18.8 Å². The van der Waals surface area contributed by atoms with E-state index in [-0.39, 0.29) is 25.9 Å². The first-order chi connectivity index (χ1) is 37.6. The van der Waals surface area contributed by atoms with E-state index >= 15 is 0 Å². The van der Waals surface area contributed by atoms with Crippen molar-refractivity contribution in [3.8, 4) is 0 Å². The van der Waals surface area contributed by atoms with Crippen LogP contribution >= 0.6 is 0 Å². The third-order valence-corrected chi connectivity index (χ3v) is 12.8. The first kappa shape index (κ1) is 70.4. The number of rotatable bonds is 49. The summed E-state index contributed by atoms with van der Waals surface area (Å²) < 4.78 is 28.3. The summed E-state index contributed by atoms with van der Waals surface area (Å²) in [7, 11) is 0. The van der Waals surface area contributed by atoms with E-state index in [0.29, 0.717) is 19.3 Å². The van der Waals surface area contributed by atoms with Crippen LogP contribution in [-0.4, -0.2) is 89.2 Å². The van der Waals surface area contributed by atoms with Crippen LogP contribution in [0.2, 0.25) is 0 Å². The maximum Gasteiger partial charge on any atom is 0.335 e. The van der Waals surface area contributed by atoms with Crippen LogP contribution in [-0.2, 0) is 42.9 Å². The highest BCUT2D eigenvalue weighted by Gasteiger charge is 2.50. The van der Waals surface area contributed by atoms with Crippen molar-refractivity contribution in [1.82, 2.24) is 0 Å². The smallest absolute Gasteiger partial charge is 0.335 e. The van der Waals surface area contributed by atoms with Gasteiger partial charge in [0, 0.05) is 12.8 Å². The number of allylic oxidation sites excluding steroid dienone is 17. The molecule has 0 radical (unpaired) electrons. The zero-order chi connectivity index (χ0) is 56.1. The first-order valence-corrected chi connectivity index (χ1v) is 29.9. The van der Waals surface area contributed by atoms with E-state index in [9.17, 15) is 34.5 Å². The van der Waals surface area contributed by atoms with Crippen LogP contribution in [0.15, 0.2) is 109 Å². The largest absolute Gasteiger partial charge is 0.479 e. The maximum atomic E-state index is 13.1. The third-order valence-electron chi connectivity index (χ3n) is 12.8. The Balaban J connectivity index is 2.75. The van der Waals surface area contributed by atoms with Gasteiger partial charge >= 0.3 is 23.9 Å². The van der Waals surface area contributed by atoms with Crippen molar-refractivity contribution in [2.45, 2.75) is 263 Å². The number of aliphatic hydroxyl groups excluding tert-OH is 2. The maximum absolute atomic E-state index is 13.1. The zero-order valence-corrected chi connectivity index (χ0v) is 47.9. The predicted octanol–water partition coefficient (Wildman–Crippen LogP) is 15.4. The number of carbonyl (C=O) groups is 4. The molecule has 3 N–H and O–H groups in total. The number of aliphatic hydroxyl groups is 2. The summed E-state index contributed by atoms with van der Waals surface area (Å²) in [6.45, 7) is 5.70. The molecular weight excluding hydrogens is 973 g/mol. The predicted molar refractivity (Wildman–Crippen MR) is 312 cm³/mol. The number of ether oxygens (including phenoxy) is 5. The quantitative estimate of drug-likeness (QED) is 0.0228. The van der Waals surface area contributed by atoms with Crippen LogP contribution in [0.3, 0.4) is 0 Å². The number of carboxylic acid groups (broad SMARTS) is 1. The Labute approximate surface area is 465 Å². The molecule has 77 heavy (non-hydrogen) atoms. The van der Waals surface area contributed by atoms with Gasteiger partial charge in [0.05, 0.1) is 13.0 Å². The molecule has 6 unspecified atom stereocenters. The van der Waals surface area contributed by atoms with Gasteiger partial charge in [-0.3, -0.25) is 14.4 Å². The molecule has 0 spiro atoms. The van der Waals surface area contributed by atoms with E-state index in [0.717, 1.165) is 109 Å². The summed E-state index contributed by atoms with van der Waals surface area (Å²) in [6.07, 6.45) is 58.0. The minimum atomic E-state index is -1.94. The highest BCUT2D eigenvalue weighted by atomic mass is 16.7. The molecule has 6 atom stereocenters. The van der Waals surface area contributed by atoms with Crippen molar-refractivity contribution in [2.75, 3.05) is 13.2 Å². The van der Waals surface area contributed by atoms with Crippen LogP contribution in [0.5, 0.6) is 0 Å². The van der Waals surface area contributed by atoms with E-state index in [2.05, 4.69) is 106 Å². The van der Waals surface area contributed by atoms with Gasteiger partial charge in [-0.1, -0.05) is 214 Å². The monoisotopic (exact) mass is 1080 g/mol. The summed E-state index contributed by atoms with van der Waals surface area (Å²) in [5.41, 5.74) is 0. The molecule has 0 aliphatic carbocycles. The Bertz CT molecular complexity index is 1750. The van der Waals surface area contributed by atoms with Gasteiger partial charge in [-0.25, -0.2) is 4.79 Å². The summed E-state index contributed by atoms with van der Waals surface area (Å²) in [4.78, 5) is 51.1. The summed E-state index contributed by atoms with van der Waals surface area (Å²) in [6, 6.07) is 0. The number of unbranched alkanes of at least 4 members (excludes halogenated alkanes) is 18. The molecule has 0 aromatic rings. The van der Waals surface area contributed by atoms with Crippen molar-refractivity contribution in [3.63, 3.8) is 0 Å². The van der Waals surface area contributed by atoms with E-state index in [4.69, 9.17) is 23.7 Å². The Morgan fingerprint density at radius 3 is 1.32 bits per heavy atom. The van der Waals surface area contributed by atoms with E-state index in [1.165, 1.54) is 57.8 Å².